The lowest BCUT2D eigenvalue weighted by molar-refractivity contribution is -0.127. The van der Waals surface area contributed by atoms with Crippen molar-refractivity contribution in [1.29, 1.82) is 5.26 Å². The van der Waals surface area contributed by atoms with Crippen LogP contribution in [0.15, 0.2) is 77.6 Å². The summed E-state index contributed by atoms with van der Waals surface area (Å²) in [4.78, 5) is 26.0. The van der Waals surface area contributed by atoms with Crippen LogP contribution in [-0.2, 0) is 11.3 Å². The first-order chi connectivity index (χ1) is 17.5. The Balaban J connectivity index is 1.52. The van der Waals surface area contributed by atoms with Crippen LogP contribution in [0.2, 0.25) is 0 Å². The largest absolute Gasteiger partial charge is 0.481 e. The number of benzene rings is 3. The maximum absolute atomic E-state index is 14.2. The van der Waals surface area contributed by atoms with Crippen molar-refractivity contribution in [3.05, 3.63) is 100 Å². The predicted molar refractivity (Wildman–Crippen MR) is 135 cm³/mol. The highest BCUT2D eigenvalue weighted by Gasteiger charge is 2.30. The van der Waals surface area contributed by atoms with E-state index in [2.05, 4.69) is 11.4 Å². The van der Waals surface area contributed by atoms with Gasteiger partial charge >= 0.3 is 0 Å². The van der Waals surface area contributed by atoms with Gasteiger partial charge < -0.3 is 10.1 Å². The Bertz CT molecular complexity index is 1550. The van der Waals surface area contributed by atoms with Crippen LogP contribution in [0.5, 0.6) is 5.75 Å². The second-order valence-electron chi connectivity index (χ2n) is 8.92. The molecule has 3 aromatic carbocycles. The maximum atomic E-state index is 14.2. The van der Waals surface area contributed by atoms with Gasteiger partial charge in [0.15, 0.2) is 6.10 Å². The normalized spacial score (nSPS) is 13.7. The zero-order valence-electron chi connectivity index (χ0n) is 19.7. The van der Waals surface area contributed by atoms with E-state index in [1.807, 2.05) is 30.3 Å². The summed E-state index contributed by atoms with van der Waals surface area (Å²) in [6, 6.07) is 22.6. The average Bonchev–Trinajstić information content (AvgIpc) is 3.72. The SMILES string of the molecule is CC(Oc1ccc2c(=O)n(C3CC3)c(C#N)c(-c3cccc(F)c3)c2c1)C(=O)NCc1ccccc1. The smallest absolute Gasteiger partial charge is 0.261 e. The number of rotatable bonds is 7. The number of carbonyl (C=O) groups is 1. The molecule has 5 rings (SSSR count). The molecule has 6 nitrogen and oxygen atoms in total. The third-order valence-electron chi connectivity index (χ3n) is 6.31. The van der Waals surface area contributed by atoms with Crippen LogP contribution in [0.1, 0.15) is 37.1 Å². The maximum Gasteiger partial charge on any atom is 0.261 e. The standard InChI is InChI=1S/C29H24FN3O3/c1-18(28(34)32-17-19-6-3-2-4-7-19)36-23-12-13-24-25(15-23)27(20-8-5-9-21(30)14-20)26(16-31)33(29(24)35)22-10-11-22/h2-9,12-15,18,22H,10-11,17H2,1H3,(H,32,34). The molecule has 1 aliphatic rings. The van der Waals surface area contributed by atoms with Crippen molar-refractivity contribution in [3.8, 4) is 22.9 Å². The molecule has 1 unspecified atom stereocenters. The molecule has 1 fully saturated rings. The monoisotopic (exact) mass is 481 g/mol. The van der Waals surface area contributed by atoms with Crippen LogP contribution in [0.4, 0.5) is 4.39 Å². The van der Waals surface area contributed by atoms with Gasteiger partial charge in [-0.2, -0.15) is 5.26 Å². The Kier molecular flexibility index (Phi) is 6.26. The van der Waals surface area contributed by atoms with Gasteiger partial charge in [0.05, 0.1) is 0 Å². The minimum absolute atomic E-state index is 0.0341. The molecule has 0 spiro atoms. The zero-order valence-corrected chi connectivity index (χ0v) is 19.7. The van der Waals surface area contributed by atoms with E-state index < -0.39 is 11.9 Å². The van der Waals surface area contributed by atoms with Crippen LogP contribution in [0.3, 0.4) is 0 Å². The molecule has 1 heterocycles. The fourth-order valence-corrected chi connectivity index (χ4v) is 4.38. The number of nitrogens with zero attached hydrogens (tertiary/aromatic N) is 2. The number of nitrogens with one attached hydrogen (secondary N) is 1. The quantitative estimate of drug-likeness (QED) is 0.398. The Hall–Kier alpha value is -4.44. The van der Waals surface area contributed by atoms with Crippen molar-refractivity contribution in [1.82, 2.24) is 9.88 Å². The Morgan fingerprint density at radius 2 is 1.89 bits per heavy atom. The van der Waals surface area contributed by atoms with Crippen molar-refractivity contribution in [2.24, 2.45) is 0 Å². The van der Waals surface area contributed by atoms with Gasteiger partial charge in [-0.25, -0.2) is 4.39 Å². The van der Waals surface area contributed by atoms with E-state index >= 15 is 0 Å². The first kappa shape index (κ1) is 23.3. The third kappa shape index (κ3) is 4.58. The number of carbonyl (C=O) groups excluding carboxylic acids is 1. The summed E-state index contributed by atoms with van der Waals surface area (Å²) in [5.41, 5.74) is 1.89. The number of fused-ring (bicyclic) bond motifs is 1. The van der Waals surface area contributed by atoms with Crippen molar-refractivity contribution in [2.45, 2.75) is 38.5 Å². The van der Waals surface area contributed by atoms with E-state index in [-0.39, 0.29) is 23.2 Å². The fraction of sp³-hybridized carbons (Fsp3) is 0.207. The van der Waals surface area contributed by atoms with Gasteiger partial charge in [0.2, 0.25) is 0 Å². The van der Waals surface area contributed by atoms with E-state index in [9.17, 15) is 19.2 Å². The third-order valence-corrected chi connectivity index (χ3v) is 6.31. The van der Waals surface area contributed by atoms with Gasteiger partial charge in [-0.15, -0.1) is 0 Å². The van der Waals surface area contributed by atoms with Crippen LogP contribution < -0.4 is 15.6 Å². The summed E-state index contributed by atoms with van der Waals surface area (Å²) >= 11 is 0. The molecule has 1 N–H and O–H groups in total. The molecule has 36 heavy (non-hydrogen) atoms. The molecule has 7 heteroatoms. The number of hydrogen-bond acceptors (Lipinski definition) is 4. The minimum atomic E-state index is -0.800. The van der Waals surface area contributed by atoms with Crippen molar-refractivity contribution >= 4 is 16.7 Å². The van der Waals surface area contributed by atoms with Crippen LogP contribution in [-0.4, -0.2) is 16.6 Å². The summed E-state index contributed by atoms with van der Waals surface area (Å²) in [7, 11) is 0. The fourth-order valence-electron chi connectivity index (χ4n) is 4.38. The molecule has 0 aliphatic heterocycles. The van der Waals surface area contributed by atoms with Crippen molar-refractivity contribution in [2.75, 3.05) is 0 Å². The number of ether oxygens (including phenoxy) is 1. The number of hydrogen-bond donors (Lipinski definition) is 1. The number of nitriles is 1. The molecular formula is C29H24FN3O3. The molecule has 180 valence electrons. The first-order valence-electron chi connectivity index (χ1n) is 11.8. The molecule has 1 amide bonds. The Morgan fingerprint density at radius 1 is 1.11 bits per heavy atom. The zero-order chi connectivity index (χ0) is 25.2. The minimum Gasteiger partial charge on any atom is -0.481 e. The van der Waals surface area contributed by atoms with Crippen molar-refractivity contribution < 1.29 is 13.9 Å². The summed E-state index contributed by atoms with van der Waals surface area (Å²) in [6.07, 6.45) is 0.838. The lowest BCUT2D eigenvalue weighted by Crippen LogP contribution is -2.35. The van der Waals surface area contributed by atoms with Crippen LogP contribution in [0, 0.1) is 17.1 Å². The molecule has 1 atom stereocenters. The Labute approximate surface area is 207 Å². The lowest BCUT2D eigenvalue weighted by Gasteiger charge is -2.18. The Morgan fingerprint density at radius 3 is 2.58 bits per heavy atom. The first-order valence-corrected chi connectivity index (χ1v) is 11.8. The highest BCUT2D eigenvalue weighted by atomic mass is 19.1. The lowest BCUT2D eigenvalue weighted by atomic mass is 9.96. The van der Waals surface area contributed by atoms with Crippen LogP contribution >= 0.6 is 0 Å². The number of pyridine rings is 1. The van der Waals surface area contributed by atoms with Gasteiger partial charge in [-0.05, 0) is 61.2 Å². The topological polar surface area (TPSA) is 84.1 Å². The van der Waals surface area contributed by atoms with E-state index in [1.54, 1.807) is 37.3 Å². The van der Waals surface area contributed by atoms with Crippen LogP contribution in [0.25, 0.3) is 21.9 Å². The average molecular weight is 482 g/mol. The van der Waals surface area contributed by atoms with Crippen molar-refractivity contribution in [3.63, 3.8) is 0 Å². The predicted octanol–water partition coefficient (Wildman–Crippen LogP) is 5.10. The molecule has 1 aliphatic carbocycles. The molecular weight excluding hydrogens is 457 g/mol. The van der Waals surface area contributed by atoms with Gasteiger partial charge in [-0.1, -0.05) is 42.5 Å². The second-order valence-corrected chi connectivity index (χ2v) is 8.92. The van der Waals surface area contributed by atoms with Gasteiger partial charge in [0.25, 0.3) is 11.5 Å². The van der Waals surface area contributed by atoms with E-state index in [0.717, 1.165) is 18.4 Å². The van der Waals surface area contributed by atoms with E-state index in [1.165, 1.54) is 16.7 Å². The molecule has 0 saturated heterocycles. The molecule has 4 aromatic rings. The number of halogens is 1. The number of amides is 1. The molecule has 1 saturated carbocycles. The highest BCUT2D eigenvalue weighted by Crippen LogP contribution is 2.39. The van der Waals surface area contributed by atoms with Gasteiger partial charge in [0.1, 0.15) is 23.3 Å². The summed E-state index contributed by atoms with van der Waals surface area (Å²) < 4.78 is 21.6. The summed E-state index contributed by atoms with van der Waals surface area (Å²) in [5.74, 6) is -0.356. The molecule has 0 radical (unpaired) electrons. The summed E-state index contributed by atoms with van der Waals surface area (Å²) in [5, 5.41) is 13.8. The highest BCUT2D eigenvalue weighted by molar-refractivity contribution is 5.99. The second kappa shape index (κ2) is 9.67. The molecule has 0 bridgehead atoms. The van der Waals surface area contributed by atoms with E-state index in [4.69, 9.17) is 4.74 Å². The van der Waals surface area contributed by atoms with E-state index in [0.29, 0.717) is 34.2 Å². The van der Waals surface area contributed by atoms with Gasteiger partial charge in [0, 0.05) is 28.9 Å². The number of aromatic nitrogens is 1. The summed E-state index contributed by atoms with van der Waals surface area (Å²) in [6.45, 7) is 2.02. The van der Waals surface area contributed by atoms with Gasteiger partial charge in [-0.3, -0.25) is 14.2 Å². The molecule has 1 aromatic heterocycles.